The van der Waals surface area contributed by atoms with E-state index in [1.807, 2.05) is 24.5 Å². The van der Waals surface area contributed by atoms with E-state index in [4.69, 9.17) is 5.84 Å². The number of likely N-dealkylation sites (N-methyl/N-ethyl adjacent to an activating group) is 1. The molecular weight excluding hydrogens is 366 g/mol. The number of nitrogens with zero attached hydrogens (tertiary/aromatic N) is 4. The van der Waals surface area contributed by atoms with Crippen LogP contribution in [-0.2, 0) is 6.54 Å². The van der Waals surface area contributed by atoms with Gasteiger partial charge >= 0.3 is 0 Å². The van der Waals surface area contributed by atoms with Crippen LogP contribution in [0.1, 0.15) is 24.2 Å². The number of H-pyrrole nitrogens is 1. The van der Waals surface area contributed by atoms with Crippen molar-refractivity contribution in [3.05, 3.63) is 48.3 Å². The summed E-state index contributed by atoms with van der Waals surface area (Å²) in [5, 5.41) is 0. The molecule has 2 aromatic carbocycles. The number of benzene rings is 2. The summed E-state index contributed by atoms with van der Waals surface area (Å²) in [5.74, 6) is 5.61. The highest BCUT2D eigenvalue weighted by Crippen LogP contribution is 2.25. The average molecular weight is 391 g/mol. The predicted octanol–water partition coefficient (Wildman–Crippen LogP) is 2.52. The summed E-state index contributed by atoms with van der Waals surface area (Å²) in [6.45, 7) is 8.35. The molecule has 1 amide bonds. The molecule has 0 fully saturated rings. The summed E-state index contributed by atoms with van der Waals surface area (Å²) in [6.07, 6.45) is 1.89. The maximum absolute atomic E-state index is 12.0. The highest BCUT2D eigenvalue weighted by Gasteiger charge is 2.14. The van der Waals surface area contributed by atoms with E-state index >= 15 is 0 Å². The number of hydrogen-bond donors (Lipinski definition) is 3. The van der Waals surface area contributed by atoms with Gasteiger partial charge < -0.3 is 14.5 Å². The Bertz CT molecular complexity index is 1160. The van der Waals surface area contributed by atoms with Crippen LogP contribution in [0.5, 0.6) is 0 Å². The number of para-hydroxylation sites is 1. The zero-order valence-electron chi connectivity index (χ0n) is 16.6. The third kappa shape index (κ3) is 3.59. The van der Waals surface area contributed by atoms with E-state index in [1.54, 1.807) is 12.1 Å². The highest BCUT2D eigenvalue weighted by atomic mass is 16.2. The maximum Gasteiger partial charge on any atom is 0.267 e. The molecule has 0 bridgehead atoms. The lowest BCUT2D eigenvalue weighted by molar-refractivity contribution is 0.0955. The summed E-state index contributed by atoms with van der Waals surface area (Å²) in [4.78, 5) is 26.9. The first kappa shape index (κ1) is 19.1. The van der Waals surface area contributed by atoms with Crippen molar-refractivity contribution < 1.29 is 4.79 Å². The Balaban J connectivity index is 1.66. The number of nitrogens with two attached hydrogens (primary N) is 1. The topological polar surface area (TPSA) is 105 Å². The van der Waals surface area contributed by atoms with Gasteiger partial charge in [-0.05, 0) is 43.4 Å². The molecular formula is C21H25N7O. The Hall–Kier alpha value is -3.23. The van der Waals surface area contributed by atoms with Crippen LogP contribution in [0.15, 0.2) is 42.7 Å². The predicted molar refractivity (Wildman–Crippen MR) is 114 cm³/mol. The van der Waals surface area contributed by atoms with Gasteiger partial charge in [0, 0.05) is 18.7 Å². The Morgan fingerprint density at radius 3 is 2.83 bits per heavy atom. The molecule has 2 heterocycles. The summed E-state index contributed by atoms with van der Waals surface area (Å²) >= 11 is 0. The van der Waals surface area contributed by atoms with Gasteiger partial charge in [-0.25, -0.2) is 15.8 Å². The van der Waals surface area contributed by atoms with Crippen molar-refractivity contribution in [2.75, 3.05) is 19.6 Å². The summed E-state index contributed by atoms with van der Waals surface area (Å²) in [6, 6.07) is 11.5. The number of nitrogen functional groups attached to an aromatic ring is 1. The van der Waals surface area contributed by atoms with Crippen LogP contribution >= 0.6 is 0 Å². The van der Waals surface area contributed by atoms with Gasteiger partial charge in [0.2, 0.25) is 0 Å². The first-order valence-electron chi connectivity index (χ1n) is 9.81. The third-order valence-corrected chi connectivity index (χ3v) is 5.33. The van der Waals surface area contributed by atoms with E-state index in [9.17, 15) is 4.79 Å². The lowest BCUT2D eigenvalue weighted by atomic mass is 10.2. The zero-order chi connectivity index (χ0) is 20.4. The number of carbonyl (C=O) groups excluding carboxylic acids is 1. The van der Waals surface area contributed by atoms with E-state index in [-0.39, 0.29) is 5.91 Å². The van der Waals surface area contributed by atoms with Gasteiger partial charge in [-0.3, -0.25) is 10.2 Å². The third-order valence-electron chi connectivity index (χ3n) is 5.33. The van der Waals surface area contributed by atoms with E-state index in [0.29, 0.717) is 16.9 Å². The second-order valence-corrected chi connectivity index (χ2v) is 6.93. The Morgan fingerprint density at radius 1 is 1.24 bits per heavy atom. The van der Waals surface area contributed by atoms with E-state index in [0.717, 1.165) is 48.3 Å². The van der Waals surface area contributed by atoms with Gasteiger partial charge in [-0.15, -0.1) is 0 Å². The van der Waals surface area contributed by atoms with Crippen LogP contribution in [0.4, 0.5) is 0 Å². The standard InChI is InChI=1S/C21H25N7O/c1-3-27(4-2)10-11-28-13-23-17-12-14(8-9-18(17)28)20-24-16-7-5-6-15(19(16)25-20)21(29)26-22/h5-9,12-13H,3-4,10-11,22H2,1-2H3,(H,24,25)(H,26,29). The fraction of sp³-hybridized carbons (Fsp3) is 0.286. The minimum atomic E-state index is -0.365. The summed E-state index contributed by atoms with van der Waals surface area (Å²) in [7, 11) is 0. The van der Waals surface area contributed by atoms with Crippen molar-refractivity contribution >= 4 is 28.0 Å². The van der Waals surface area contributed by atoms with E-state index < -0.39 is 0 Å². The van der Waals surface area contributed by atoms with Gasteiger partial charge in [0.25, 0.3) is 5.91 Å². The molecule has 0 saturated heterocycles. The van der Waals surface area contributed by atoms with Gasteiger partial charge in [-0.2, -0.15) is 0 Å². The molecule has 0 atom stereocenters. The number of carbonyl (C=O) groups is 1. The Labute approximate surface area is 168 Å². The molecule has 8 nitrogen and oxygen atoms in total. The minimum Gasteiger partial charge on any atom is -0.338 e. The fourth-order valence-electron chi connectivity index (χ4n) is 3.61. The lowest BCUT2D eigenvalue weighted by Gasteiger charge is -2.18. The van der Waals surface area contributed by atoms with E-state index in [1.165, 1.54) is 0 Å². The lowest BCUT2D eigenvalue weighted by Crippen LogP contribution is -2.30. The molecule has 8 heteroatoms. The van der Waals surface area contributed by atoms with Gasteiger partial charge in [0.1, 0.15) is 11.3 Å². The number of rotatable bonds is 7. The number of hydrazine groups is 1. The molecule has 0 radical (unpaired) electrons. The summed E-state index contributed by atoms with van der Waals surface area (Å²) < 4.78 is 2.18. The van der Waals surface area contributed by atoms with Crippen molar-refractivity contribution in [3.63, 3.8) is 0 Å². The first-order valence-corrected chi connectivity index (χ1v) is 9.81. The minimum absolute atomic E-state index is 0.365. The molecule has 0 aliphatic heterocycles. The number of hydrogen-bond acceptors (Lipinski definition) is 5. The van der Waals surface area contributed by atoms with Gasteiger partial charge in [0.15, 0.2) is 0 Å². The molecule has 150 valence electrons. The number of imidazole rings is 2. The van der Waals surface area contributed by atoms with Crippen molar-refractivity contribution in [1.29, 1.82) is 0 Å². The second kappa shape index (κ2) is 8.02. The van der Waals surface area contributed by atoms with Crippen LogP contribution in [-0.4, -0.2) is 50.0 Å². The molecule has 4 N–H and O–H groups in total. The molecule has 0 spiro atoms. The Kier molecular flexibility index (Phi) is 5.28. The van der Waals surface area contributed by atoms with Crippen LogP contribution in [0, 0.1) is 0 Å². The number of nitrogens with one attached hydrogen (secondary N) is 2. The highest BCUT2D eigenvalue weighted by molar-refractivity contribution is 6.05. The van der Waals surface area contributed by atoms with Crippen molar-refractivity contribution in [2.45, 2.75) is 20.4 Å². The largest absolute Gasteiger partial charge is 0.338 e. The van der Waals surface area contributed by atoms with Crippen LogP contribution in [0.3, 0.4) is 0 Å². The fourth-order valence-corrected chi connectivity index (χ4v) is 3.61. The van der Waals surface area contributed by atoms with E-state index in [2.05, 4.69) is 49.8 Å². The maximum atomic E-state index is 12.0. The molecule has 2 aromatic heterocycles. The van der Waals surface area contributed by atoms with Gasteiger partial charge in [-0.1, -0.05) is 19.9 Å². The second-order valence-electron chi connectivity index (χ2n) is 6.93. The zero-order valence-corrected chi connectivity index (χ0v) is 16.6. The molecule has 0 aliphatic rings. The quantitative estimate of drug-likeness (QED) is 0.255. The summed E-state index contributed by atoms with van der Waals surface area (Å²) in [5.41, 5.74) is 6.92. The molecule has 4 rings (SSSR count). The number of aromatic amines is 1. The molecule has 4 aromatic rings. The number of fused-ring (bicyclic) bond motifs is 2. The smallest absolute Gasteiger partial charge is 0.267 e. The molecule has 29 heavy (non-hydrogen) atoms. The number of aromatic nitrogens is 4. The molecule has 0 saturated carbocycles. The van der Waals surface area contributed by atoms with Crippen LogP contribution < -0.4 is 11.3 Å². The monoisotopic (exact) mass is 391 g/mol. The number of amides is 1. The van der Waals surface area contributed by atoms with Crippen LogP contribution in [0.25, 0.3) is 33.5 Å². The van der Waals surface area contributed by atoms with Gasteiger partial charge in [0.05, 0.1) is 28.4 Å². The van der Waals surface area contributed by atoms with Crippen molar-refractivity contribution in [3.8, 4) is 11.4 Å². The Morgan fingerprint density at radius 2 is 2.07 bits per heavy atom. The molecule has 0 aliphatic carbocycles. The van der Waals surface area contributed by atoms with Crippen LogP contribution in [0.2, 0.25) is 0 Å². The average Bonchev–Trinajstić information content (AvgIpc) is 3.37. The van der Waals surface area contributed by atoms with Crippen molar-refractivity contribution in [2.24, 2.45) is 5.84 Å². The van der Waals surface area contributed by atoms with Crippen molar-refractivity contribution in [1.82, 2.24) is 29.8 Å². The SMILES string of the molecule is CCN(CC)CCn1cnc2cc(-c3nc4c(C(=O)NN)cccc4[nH]3)ccc21. The molecule has 0 unspecified atom stereocenters. The first-order chi connectivity index (χ1) is 14.1. The normalized spacial score (nSPS) is 11.6.